The molecule has 3 rings (SSSR count). The lowest BCUT2D eigenvalue weighted by Crippen LogP contribution is -2.33. The fourth-order valence-electron chi connectivity index (χ4n) is 3.27. The third-order valence-electron chi connectivity index (χ3n) is 4.98. The molecular formula is C25H29FN2. The van der Waals surface area contributed by atoms with Crippen LogP contribution in [0.5, 0.6) is 0 Å². The van der Waals surface area contributed by atoms with E-state index >= 15 is 0 Å². The average Bonchev–Trinajstić information content (AvgIpc) is 2.73. The maximum absolute atomic E-state index is 13.0. The summed E-state index contributed by atoms with van der Waals surface area (Å²) in [4.78, 5) is 0. The zero-order valence-electron chi connectivity index (χ0n) is 16.5. The van der Waals surface area contributed by atoms with Gasteiger partial charge in [0.05, 0.1) is 0 Å². The summed E-state index contributed by atoms with van der Waals surface area (Å²) in [7, 11) is 0. The fourth-order valence-corrected chi connectivity index (χ4v) is 3.27. The first-order valence-electron chi connectivity index (χ1n) is 10.00. The first-order chi connectivity index (χ1) is 13.7. The summed E-state index contributed by atoms with van der Waals surface area (Å²) in [6, 6.07) is 26.3. The summed E-state index contributed by atoms with van der Waals surface area (Å²) in [6.07, 6.45) is 1.91. The Hall–Kier alpha value is -2.49. The van der Waals surface area contributed by atoms with Gasteiger partial charge in [0.25, 0.3) is 0 Å². The molecular weight excluding hydrogens is 347 g/mol. The van der Waals surface area contributed by atoms with Crippen LogP contribution < -0.4 is 10.6 Å². The van der Waals surface area contributed by atoms with E-state index in [-0.39, 0.29) is 11.9 Å². The molecule has 2 N–H and O–H groups in total. The first-order valence-corrected chi connectivity index (χ1v) is 10.00. The SMILES string of the molecule is Cc1ccc(CCNCC(NCCc2ccc(F)cc2)c2ccccc2)cc1. The largest absolute Gasteiger partial charge is 0.315 e. The normalized spacial score (nSPS) is 12.1. The Labute approximate surface area is 167 Å². The van der Waals surface area contributed by atoms with Gasteiger partial charge in [-0.2, -0.15) is 0 Å². The van der Waals surface area contributed by atoms with E-state index in [1.54, 1.807) is 0 Å². The van der Waals surface area contributed by atoms with Crippen molar-refractivity contribution >= 4 is 0 Å². The molecule has 28 heavy (non-hydrogen) atoms. The minimum absolute atomic E-state index is 0.184. The molecule has 146 valence electrons. The van der Waals surface area contributed by atoms with Gasteiger partial charge in [-0.1, -0.05) is 72.3 Å². The van der Waals surface area contributed by atoms with Crippen molar-refractivity contribution in [3.63, 3.8) is 0 Å². The fraction of sp³-hybridized carbons (Fsp3) is 0.280. The van der Waals surface area contributed by atoms with Crippen molar-refractivity contribution in [1.29, 1.82) is 0 Å². The Morgan fingerprint density at radius 3 is 2.04 bits per heavy atom. The maximum Gasteiger partial charge on any atom is 0.123 e. The quantitative estimate of drug-likeness (QED) is 0.495. The molecule has 0 amide bonds. The zero-order valence-corrected chi connectivity index (χ0v) is 16.5. The van der Waals surface area contributed by atoms with Crippen molar-refractivity contribution < 1.29 is 4.39 Å². The Bertz CT molecular complexity index is 813. The molecule has 3 heteroatoms. The van der Waals surface area contributed by atoms with Gasteiger partial charge in [0.1, 0.15) is 5.82 Å². The molecule has 1 unspecified atom stereocenters. The molecule has 0 fully saturated rings. The van der Waals surface area contributed by atoms with Crippen LogP contribution in [0.4, 0.5) is 4.39 Å². The predicted molar refractivity (Wildman–Crippen MR) is 115 cm³/mol. The number of aryl methyl sites for hydroxylation is 1. The highest BCUT2D eigenvalue weighted by molar-refractivity contribution is 5.22. The summed E-state index contributed by atoms with van der Waals surface area (Å²) >= 11 is 0. The summed E-state index contributed by atoms with van der Waals surface area (Å²) in [5, 5.41) is 7.24. The Morgan fingerprint density at radius 2 is 1.36 bits per heavy atom. The molecule has 0 heterocycles. The van der Waals surface area contributed by atoms with Crippen LogP contribution in [0.3, 0.4) is 0 Å². The molecule has 3 aromatic carbocycles. The van der Waals surface area contributed by atoms with E-state index in [1.807, 2.05) is 18.2 Å². The topological polar surface area (TPSA) is 24.1 Å². The molecule has 0 spiro atoms. The van der Waals surface area contributed by atoms with E-state index in [9.17, 15) is 4.39 Å². The lowest BCUT2D eigenvalue weighted by Gasteiger charge is -2.20. The summed E-state index contributed by atoms with van der Waals surface area (Å²) in [5.41, 5.74) is 5.09. The van der Waals surface area contributed by atoms with Crippen LogP contribution in [0.25, 0.3) is 0 Å². The second-order valence-corrected chi connectivity index (χ2v) is 7.23. The minimum Gasteiger partial charge on any atom is -0.315 e. The highest BCUT2D eigenvalue weighted by atomic mass is 19.1. The third-order valence-corrected chi connectivity index (χ3v) is 4.98. The molecule has 1 atom stereocenters. The van der Waals surface area contributed by atoms with Gasteiger partial charge in [0, 0.05) is 12.6 Å². The summed E-state index contributed by atoms with van der Waals surface area (Å²) in [6.45, 7) is 4.79. The Kier molecular flexibility index (Phi) is 7.77. The van der Waals surface area contributed by atoms with Crippen molar-refractivity contribution in [2.75, 3.05) is 19.6 Å². The molecule has 3 aromatic rings. The van der Waals surface area contributed by atoms with Crippen LogP contribution in [-0.4, -0.2) is 19.6 Å². The number of nitrogens with one attached hydrogen (secondary N) is 2. The predicted octanol–water partition coefficient (Wildman–Crippen LogP) is 4.84. The molecule has 2 nitrogen and oxygen atoms in total. The minimum atomic E-state index is -0.184. The lowest BCUT2D eigenvalue weighted by molar-refractivity contribution is 0.493. The van der Waals surface area contributed by atoms with Crippen LogP contribution in [0, 0.1) is 12.7 Å². The van der Waals surface area contributed by atoms with E-state index in [2.05, 4.69) is 66.1 Å². The van der Waals surface area contributed by atoms with Gasteiger partial charge in [-0.05, 0) is 61.7 Å². The molecule has 0 saturated heterocycles. The van der Waals surface area contributed by atoms with Gasteiger partial charge >= 0.3 is 0 Å². The molecule has 0 aliphatic rings. The van der Waals surface area contributed by atoms with Gasteiger partial charge in [-0.15, -0.1) is 0 Å². The van der Waals surface area contributed by atoms with E-state index < -0.39 is 0 Å². The Balaban J connectivity index is 1.49. The van der Waals surface area contributed by atoms with E-state index in [0.717, 1.165) is 38.0 Å². The van der Waals surface area contributed by atoms with Gasteiger partial charge in [0.15, 0.2) is 0 Å². The molecule has 0 aliphatic carbocycles. The summed E-state index contributed by atoms with van der Waals surface area (Å²) < 4.78 is 13.0. The Morgan fingerprint density at radius 1 is 0.750 bits per heavy atom. The van der Waals surface area contributed by atoms with Crippen molar-refractivity contribution in [1.82, 2.24) is 10.6 Å². The first kappa shape index (κ1) is 20.2. The molecule has 0 bridgehead atoms. The van der Waals surface area contributed by atoms with Crippen molar-refractivity contribution in [3.8, 4) is 0 Å². The van der Waals surface area contributed by atoms with Crippen molar-refractivity contribution in [3.05, 3.63) is 107 Å². The molecule has 0 saturated carbocycles. The van der Waals surface area contributed by atoms with Crippen LogP contribution in [-0.2, 0) is 12.8 Å². The van der Waals surface area contributed by atoms with E-state index in [1.165, 1.54) is 28.8 Å². The number of rotatable bonds is 10. The van der Waals surface area contributed by atoms with Crippen LogP contribution >= 0.6 is 0 Å². The highest BCUT2D eigenvalue weighted by Crippen LogP contribution is 2.12. The van der Waals surface area contributed by atoms with Crippen LogP contribution in [0.15, 0.2) is 78.9 Å². The standard InChI is InChI=1S/C25H29FN2/c1-20-7-9-21(10-8-20)15-17-27-19-25(23-5-3-2-4-6-23)28-18-16-22-11-13-24(26)14-12-22/h2-14,25,27-28H,15-19H2,1H3. The number of halogens is 1. The van der Waals surface area contributed by atoms with Crippen molar-refractivity contribution in [2.24, 2.45) is 0 Å². The molecule has 0 radical (unpaired) electrons. The summed E-state index contributed by atoms with van der Waals surface area (Å²) in [5.74, 6) is -0.184. The average molecular weight is 377 g/mol. The second-order valence-electron chi connectivity index (χ2n) is 7.23. The van der Waals surface area contributed by atoms with E-state index in [0.29, 0.717) is 0 Å². The highest BCUT2D eigenvalue weighted by Gasteiger charge is 2.10. The number of hydrogen-bond donors (Lipinski definition) is 2. The third kappa shape index (κ3) is 6.59. The monoisotopic (exact) mass is 376 g/mol. The van der Waals surface area contributed by atoms with Gasteiger partial charge < -0.3 is 10.6 Å². The molecule has 0 aliphatic heterocycles. The van der Waals surface area contributed by atoms with Gasteiger partial charge in [-0.25, -0.2) is 4.39 Å². The lowest BCUT2D eigenvalue weighted by atomic mass is 10.1. The second kappa shape index (κ2) is 10.7. The molecule has 0 aromatic heterocycles. The van der Waals surface area contributed by atoms with Crippen LogP contribution in [0.1, 0.15) is 28.3 Å². The van der Waals surface area contributed by atoms with Gasteiger partial charge in [-0.3, -0.25) is 0 Å². The van der Waals surface area contributed by atoms with Crippen molar-refractivity contribution in [2.45, 2.75) is 25.8 Å². The smallest absolute Gasteiger partial charge is 0.123 e. The van der Waals surface area contributed by atoms with Crippen LogP contribution in [0.2, 0.25) is 0 Å². The maximum atomic E-state index is 13.0. The number of hydrogen-bond acceptors (Lipinski definition) is 2. The van der Waals surface area contributed by atoms with E-state index in [4.69, 9.17) is 0 Å². The zero-order chi connectivity index (χ0) is 19.6. The van der Waals surface area contributed by atoms with Gasteiger partial charge in [0.2, 0.25) is 0 Å². The number of benzene rings is 3.